The zero-order valence-corrected chi connectivity index (χ0v) is 14.5. The van der Waals surface area contributed by atoms with E-state index in [2.05, 4.69) is 15.9 Å². The Morgan fingerprint density at radius 1 is 1.25 bits per heavy atom. The number of hydrogen-bond donors (Lipinski definition) is 1. The van der Waals surface area contributed by atoms with E-state index in [9.17, 15) is 14.9 Å². The van der Waals surface area contributed by atoms with Gasteiger partial charge in [0.15, 0.2) is 0 Å². The van der Waals surface area contributed by atoms with Crippen LogP contribution in [0, 0.1) is 11.3 Å². The minimum atomic E-state index is -0.722. The molecule has 2 aromatic rings. The van der Waals surface area contributed by atoms with Crippen LogP contribution >= 0.6 is 15.9 Å². The first-order valence-corrected chi connectivity index (χ1v) is 7.79. The van der Waals surface area contributed by atoms with Gasteiger partial charge in [-0.05, 0) is 11.6 Å². The molecule has 1 unspecified atom stereocenters. The predicted molar refractivity (Wildman–Crippen MR) is 90.4 cm³/mol. The molecule has 0 saturated carbocycles. The van der Waals surface area contributed by atoms with Crippen molar-refractivity contribution in [1.82, 2.24) is 9.13 Å². The predicted octanol–water partition coefficient (Wildman–Crippen LogP) is 1.06. The third-order valence-electron chi connectivity index (χ3n) is 4.03. The van der Waals surface area contributed by atoms with E-state index >= 15 is 0 Å². The van der Waals surface area contributed by atoms with Gasteiger partial charge < -0.3 is 10.5 Å². The van der Waals surface area contributed by atoms with Crippen molar-refractivity contribution in [3.05, 3.63) is 72.2 Å². The highest BCUT2D eigenvalue weighted by molar-refractivity contribution is 9.10. The standard InChI is InChI=1S/C16H13BrN4O3/c1-20-14(22)12-11(8-5-3-4-6-10(8)17)9(7-18)13(19)24-15(12)21(2)16(20)23/h3-6,11H,19H2,1-2H3. The van der Waals surface area contributed by atoms with E-state index in [4.69, 9.17) is 10.5 Å². The zero-order chi connectivity index (χ0) is 17.6. The number of allylic oxidation sites excluding steroid dienone is 1. The fraction of sp³-hybridized carbons (Fsp3) is 0.188. The summed E-state index contributed by atoms with van der Waals surface area (Å²) < 4.78 is 8.36. The second kappa shape index (κ2) is 5.69. The van der Waals surface area contributed by atoms with Crippen LogP contribution in [-0.2, 0) is 14.1 Å². The van der Waals surface area contributed by atoms with Gasteiger partial charge in [0.05, 0.1) is 11.5 Å². The van der Waals surface area contributed by atoms with Crippen LogP contribution in [0.4, 0.5) is 0 Å². The van der Waals surface area contributed by atoms with Crippen molar-refractivity contribution in [3.63, 3.8) is 0 Å². The summed E-state index contributed by atoms with van der Waals surface area (Å²) in [5, 5.41) is 9.53. The summed E-state index contributed by atoms with van der Waals surface area (Å²) in [6, 6.07) is 9.25. The van der Waals surface area contributed by atoms with Gasteiger partial charge in [-0.25, -0.2) is 4.79 Å². The Morgan fingerprint density at radius 2 is 1.92 bits per heavy atom. The quantitative estimate of drug-likeness (QED) is 0.786. The van der Waals surface area contributed by atoms with E-state index < -0.39 is 17.2 Å². The van der Waals surface area contributed by atoms with Crippen LogP contribution in [0.5, 0.6) is 5.88 Å². The number of benzene rings is 1. The molecule has 3 rings (SSSR count). The number of hydrogen-bond acceptors (Lipinski definition) is 5. The van der Waals surface area contributed by atoms with Crippen molar-refractivity contribution in [1.29, 1.82) is 5.26 Å². The van der Waals surface area contributed by atoms with Gasteiger partial charge in [0.25, 0.3) is 5.56 Å². The van der Waals surface area contributed by atoms with Crippen molar-refractivity contribution in [2.75, 3.05) is 0 Å². The Balaban J connectivity index is 2.47. The number of nitrogens with two attached hydrogens (primary N) is 1. The highest BCUT2D eigenvalue weighted by atomic mass is 79.9. The van der Waals surface area contributed by atoms with E-state index in [0.29, 0.717) is 5.56 Å². The lowest BCUT2D eigenvalue weighted by Gasteiger charge is -2.27. The minimum absolute atomic E-state index is 0.0559. The molecular formula is C16H13BrN4O3. The maximum atomic E-state index is 12.7. The van der Waals surface area contributed by atoms with Gasteiger partial charge in [0, 0.05) is 18.6 Å². The molecular weight excluding hydrogens is 376 g/mol. The molecule has 0 spiro atoms. The summed E-state index contributed by atoms with van der Waals surface area (Å²) in [7, 11) is 2.87. The van der Waals surface area contributed by atoms with Gasteiger partial charge in [-0.1, -0.05) is 34.1 Å². The minimum Gasteiger partial charge on any atom is -0.423 e. The summed E-state index contributed by atoms with van der Waals surface area (Å²) in [6.07, 6.45) is 0. The number of nitriles is 1. The SMILES string of the molecule is Cn1c2c(c(=O)n(C)c1=O)C(c1ccccc1Br)C(C#N)=C(N)O2. The van der Waals surface area contributed by atoms with Crippen molar-refractivity contribution < 1.29 is 4.74 Å². The number of ether oxygens (including phenoxy) is 1. The van der Waals surface area contributed by atoms with Crippen molar-refractivity contribution in [3.8, 4) is 11.9 Å². The summed E-state index contributed by atoms with van der Waals surface area (Å²) in [4.78, 5) is 24.9. The van der Waals surface area contributed by atoms with Crippen LogP contribution in [0.15, 0.2) is 49.8 Å². The van der Waals surface area contributed by atoms with Gasteiger partial charge in [-0.2, -0.15) is 5.26 Å². The Kier molecular flexibility index (Phi) is 3.81. The van der Waals surface area contributed by atoms with E-state index in [1.165, 1.54) is 18.7 Å². The molecule has 0 fully saturated rings. The zero-order valence-electron chi connectivity index (χ0n) is 12.9. The average Bonchev–Trinajstić information content (AvgIpc) is 2.57. The molecule has 1 atom stereocenters. The van der Waals surface area contributed by atoms with Crippen molar-refractivity contribution >= 4 is 15.9 Å². The summed E-state index contributed by atoms with van der Waals surface area (Å²) in [5.74, 6) is -0.783. The molecule has 8 heteroatoms. The third kappa shape index (κ3) is 2.17. The Bertz CT molecular complexity index is 1040. The Labute approximate surface area is 145 Å². The van der Waals surface area contributed by atoms with Gasteiger partial charge in [-0.3, -0.25) is 13.9 Å². The lowest BCUT2D eigenvalue weighted by atomic mass is 9.85. The largest absolute Gasteiger partial charge is 0.423 e. The monoisotopic (exact) mass is 388 g/mol. The molecule has 0 bridgehead atoms. The normalized spacial score (nSPS) is 16.3. The average molecular weight is 389 g/mol. The molecule has 2 N–H and O–H groups in total. The molecule has 0 radical (unpaired) electrons. The summed E-state index contributed by atoms with van der Waals surface area (Å²) in [6.45, 7) is 0. The molecule has 24 heavy (non-hydrogen) atoms. The highest BCUT2D eigenvalue weighted by Crippen LogP contribution is 2.41. The smallest absolute Gasteiger partial charge is 0.333 e. The second-order valence-corrected chi connectivity index (χ2v) is 6.23. The first-order valence-electron chi connectivity index (χ1n) is 7.00. The van der Waals surface area contributed by atoms with Gasteiger partial charge in [0.2, 0.25) is 11.8 Å². The van der Waals surface area contributed by atoms with Crippen LogP contribution < -0.4 is 21.7 Å². The number of fused-ring (bicyclic) bond motifs is 1. The lowest BCUT2D eigenvalue weighted by Crippen LogP contribution is -2.42. The number of rotatable bonds is 1. The molecule has 0 amide bonds. The summed E-state index contributed by atoms with van der Waals surface area (Å²) in [5.41, 5.74) is 5.86. The first kappa shape index (κ1) is 16.1. The van der Waals surface area contributed by atoms with Crippen LogP contribution in [0.2, 0.25) is 0 Å². The topological polar surface area (TPSA) is 103 Å². The van der Waals surface area contributed by atoms with Crippen LogP contribution in [0.25, 0.3) is 0 Å². The van der Waals surface area contributed by atoms with E-state index in [-0.39, 0.29) is 22.9 Å². The summed E-state index contributed by atoms with van der Waals surface area (Å²) >= 11 is 3.45. The van der Waals surface area contributed by atoms with Crippen molar-refractivity contribution in [2.24, 2.45) is 19.8 Å². The first-order chi connectivity index (χ1) is 11.4. The molecule has 1 aliphatic rings. The second-order valence-electron chi connectivity index (χ2n) is 5.37. The molecule has 122 valence electrons. The maximum Gasteiger partial charge on any atom is 0.333 e. The molecule has 0 saturated heterocycles. The number of aromatic nitrogens is 2. The number of nitrogens with zero attached hydrogens (tertiary/aromatic N) is 3. The maximum absolute atomic E-state index is 12.7. The highest BCUT2D eigenvalue weighted by Gasteiger charge is 2.36. The Hall–Kier alpha value is -2.79. The molecule has 0 aliphatic carbocycles. The Morgan fingerprint density at radius 3 is 2.54 bits per heavy atom. The third-order valence-corrected chi connectivity index (χ3v) is 4.75. The fourth-order valence-corrected chi connectivity index (χ4v) is 3.32. The van der Waals surface area contributed by atoms with Gasteiger partial charge in [0.1, 0.15) is 11.6 Å². The van der Waals surface area contributed by atoms with Crippen LogP contribution in [0.1, 0.15) is 17.0 Å². The van der Waals surface area contributed by atoms with Gasteiger partial charge >= 0.3 is 5.69 Å². The molecule has 1 aliphatic heterocycles. The van der Waals surface area contributed by atoms with E-state index in [1.807, 2.05) is 18.2 Å². The fourth-order valence-electron chi connectivity index (χ4n) is 2.81. The lowest BCUT2D eigenvalue weighted by molar-refractivity contribution is 0.348. The van der Waals surface area contributed by atoms with E-state index in [1.54, 1.807) is 12.1 Å². The molecule has 1 aromatic carbocycles. The molecule has 2 heterocycles. The molecule has 1 aromatic heterocycles. The van der Waals surface area contributed by atoms with Crippen LogP contribution in [-0.4, -0.2) is 9.13 Å². The number of halogens is 1. The van der Waals surface area contributed by atoms with E-state index in [0.717, 1.165) is 9.04 Å². The van der Waals surface area contributed by atoms with Gasteiger partial charge in [-0.15, -0.1) is 0 Å². The molecule has 7 nitrogen and oxygen atoms in total. The van der Waals surface area contributed by atoms with Crippen LogP contribution in [0.3, 0.4) is 0 Å². The van der Waals surface area contributed by atoms with Crippen molar-refractivity contribution in [2.45, 2.75) is 5.92 Å².